The van der Waals surface area contributed by atoms with Crippen molar-refractivity contribution in [3.8, 4) is 5.75 Å². The average Bonchev–Trinajstić information content (AvgIpc) is 2.20. The number of para-hydroxylation sites is 1. The molecule has 0 saturated heterocycles. The van der Waals surface area contributed by atoms with Crippen LogP contribution in [0.1, 0.15) is 18.1 Å². The summed E-state index contributed by atoms with van der Waals surface area (Å²) in [7, 11) is 0. The lowest BCUT2D eigenvalue weighted by molar-refractivity contribution is 0.265. The highest BCUT2D eigenvalue weighted by atomic mass is 16.5. The van der Waals surface area contributed by atoms with E-state index in [9.17, 15) is 0 Å². The molecule has 0 saturated carbocycles. The monoisotopic (exact) mass is 191 g/mol. The molecule has 1 aromatic carbocycles. The maximum absolute atomic E-state index is 5.72. The van der Waals surface area contributed by atoms with Crippen molar-refractivity contribution >= 4 is 0 Å². The van der Waals surface area contributed by atoms with Gasteiger partial charge in [0.15, 0.2) is 0 Å². The number of hydrogen-bond donors (Lipinski definition) is 1. The van der Waals surface area contributed by atoms with Crippen molar-refractivity contribution in [3.63, 3.8) is 0 Å². The molecule has 1 atom stereocenters. The summed E-state index contributed by atoms with van der Waals surface area (Å²) in [4.78, 5) is 0. The maximum atomic E-state index is 5.72. The second-order valence-electron chi connectivity index (χ2n) is 3.33. The summed E-state index contributed by atoms with van der Waals surface area (Å²) in [5, 5.41) is 0. The predicted octanol–water partition coefficient (Wildman–Crippen LogP) is 2.41. The molecule has 0 aromatic heterocycles. The fraction of sp³-hybridized carbons (Fsp3) is 0.333. The van der Waals surface area contributed by atoms with Crippen molar-refractivity contribution in [2.24, 2.45) is 5.73 Å². The van der Waals surface area contributed by atoms with Gasteiger partial charge in [-0.15, -0.1) is 0 Å². The number of hydrogen-bond acceptors (Lipinski definition) is 2. The van der Waals surface area contributed by atoms with Gasteiger partial charge in [-0.1, -0.05) is 30.9 Å². The van der Waals surface area contributed by atoms with E-state index in [1.165, 1.54) is 0 Å². The summed E-state index contributed by atoms with van der Waals surface area (Å²) in [6.45, 7) is 8.16. The number of ether oxygens (including phenoxy) is 1. The van der Waals surface area contributed by atoms with Crippen molar-refractivity contribution in [1.82, 2.24) is 0 Å². The number of benzene rings is 1. The van der Waals surface area contributed by atoms with Gasteiger partial charge < -0.3 is 10.5 Å². The maximum Gasteiger partial charge on any atom is 0.127 e. The Balaban J connectivity index is 2.98. The molecule has 0 aliphatic heterocycles. The van der Waals surface area contributed by atoms with E-state index >= 15 is 0 Å². The Labute approximate surface area is 85.4 Å². The average molecular weight is 191 g/mol. The quantitative estimate of drug-likeness (QED) is 0.742. The highest BCUT2D eigenvalue weighted by Crippen LogP contribution is 2.24. The molecule has 2 heteroatoms. The van der Waals surface area contributed by atoms with Crippen LogP contribution in [0, 0.1) is 6.92 Å². The first-order chi connectivity index (χ1) is 6.69. The van der Waals surface area contributed by atoms with E-state index in [1.54, 1.807) is 6.08 Å². The van der Waals surface area contributed by atoms with E-state index in [1.807, 2.05) is 32.0 Å². The van der Waals surface area contributed by atoms with Gasteiger partial charge in [-0.3, -0.25) is 0 Å². The van der Waals surface area contributed by atoms with E-state index in [4.69, 9.17) is 10.5 Å². The molecule has 2 nitrogen and oxygen atoms in total. The lowest BCUT2D eigenvalue weighted by atomic mass is 10.1. The van der Waals surface area contributed by atoms with Gasteiger partial charge >= 0.3 is 0 Å². The topological polar surface area (TPSA) is 35.2 Å². The molecule has 0 aliphatic carbocycles. The van der Waals surface area contributed by atoms with Crippen molar-refractivity contribution in [3.05, 3.63) is 42.0 Å². The molecule has 0 radical (unpaired) electrons. The lowest BCUT2D eigenvalue weighted by Gasteiger charge is -2.16. The van der Waals surface area contributed by atoms with Crippen LogP contribution in [-0.2, 0) is 6.54 Å². The molecule has 0 aliphatic rings. The van der Waals surface area contributed by atoms with Gasteiger partial charge in [0, 0.05) is 12.1 Å². The van der Waals surface area contributed by atoms with Crippen LogP contribution in [-0.4, -0.2) is 6.10 Å². The second kappa shape index (κ2) is 4.82. The molecule has 0 heterocycles. The minimum Gasteiger partial charge on any atom is -0.486 e. The minimum atomic E-state index is 0.0152. The van der Waals surface area contributed by atoms with Crippen molar-refractivity contribution < 1.29 is 4.74 Å². The standard InChI is InChI=1S/C12H17NO/c1-4-10(3)14-12-9(2)6-5-7-11(12)8-13/h4-7,10H,1,8,13H2,2-3H3. The summed E-state index contributed by atoms with van der Waals surface area (Å²) in [6, 6.07) is 5.99. The summed E-state index contributed by atoms with van der Waals surface area (Å²) in [5.41, 5.74) is 7.78. The SMILES string of the molecule is C=CC(C)Oc1c(C)cccc1CN. The number of rotatable bonds is 4. The summed E-state index contributed by atoms with van der Waals surface area (Å²) in [6.07, 6.45) is 1.79. The lowest BCUT2D eigenvalue weighted by Crippen LogP contribution is -2.11. The Morgan fingerprint density at radius 2 is 2.29 bits per heavy atom. The zero-order valence-corrected chi connectivity index (χ0v) is 8.79. The zero-order valence-electron chi connectivity index (χ0n) is 8.79. The Hall–Kier alpha value is -1.28. The van der Waals surface area contributed by atoms with E-state index < -0.39 is 0 Å². The fourth-order valence-corrected chi connectivity index (χ4v) is 1.28. The van der Waals surface area contributed by atoms with Crippen LogP contribution in [0.2, 0.25) is 0 Å². The Morgan fingerprint density at radius 1 is 1.57 bits per heavy atom. The summed E-state index contributed by atoms with van der Waals surface area (Å²) in [5.74, 6) is 0.891. The second-order valence-corrected chi connectivity index (χ2v) is 3.33. The molecular formula is C12H17NO. The Morgan fingerprint density at radius 3 is 2.86 bits per heavy atom. The summed E-state index contributed by atoms with van der Waals surface area (Å²) < 4.78 is 5.72. The molecule has 1 aromatic rings. The fourth-order valence-electron chi connectivity index (χ4n) is 1.28. The third kappa shape index (κ3) is 2.36. The normalized spacial score (nSPS) is 12.2. The third-order valence-corrected chi connectivity index (χ3v) is 2.15. The minimum absolute atomic E-state index is 0.0152. The largest absolute Gasteiger partial charge is 0.486 e. The van der Waals surface area contributed by atoms with Gasteiger partial charge in [-0.25, -0.2) is 0 Å². The molecule has 14 heavy (non-hydrogen) atoms. The van der Waals surface area contributed by atoms with Crippen LogP contribution < -0.4 is 10.5 Å². The molecule has 0 amide bonds. The van der Waals surface area contributed by atoms with Gasteiger partial charge in [0.2, 0.25) is 0 Å². The Kier molecular flexibility index (Phi) is 3.72. The van der Waals surface area contributed by atoms with Crippen LogP contribution in [0.4, 0.5) is 0 Å². The molecule has 2 N–H and O–H groups in total. The first-order valence-electron chi connectivity index (χ1n) is 4.76. The van der Waals surface area contributed by atoms with Gasteiger partial charge in [-0.2, -0.15) is 0 Å². The van der Waals surface area contributed by atoms with E-state index in [0.717, 1.165) is 16.9 Å². The number of nitrogens with two attached hydrogens (primary N) is 1. The van der Waals surface area contributed by atoms with Crippen molar-refractivity contribution in [2.45, 2.75) is 26.5 Å². The smallest absolute Gasteiger partial charge is 0.127 e. The predicted molar refractivity (Wildman–Crippen MR) is 59.4 cm³/mol. The van der Waals surface area contributed by atoms with Crippen LogP contribution in [0.3, 0.4) is 0 Å². The van der Waals surface area contributed by atoms with Gasteiger partial charge in [0.25, 0.3) is 0 Å². The van der Waals surface area contributed by atoms with Crippen molar-refractivity contribution in [2.75, 3.05) is 0 Å². The summed E-state index contributed by atoms with van der Waals surface area (Å²) >= 11 is 0. The Bertz CT molecular complexity index is 320. The molecule has 1 unspecified atom stereocenters. The first-order valence-corrected chi connectivity index (χ1v) is 4.76. The molecule has 0 spiro atoms. The highest BCUT2D eigenvalue weighted by molar-refractivity contribution is 5.40. The first kappa shape index (κ1) is 10.8. The van der Waals surface area contributed by atoms with Gasteiger partial charge in [-0.05, 0) is 19.4 Å². The van der Waals surface area contributed by atoms with Gasteiger partial charge in [0.05, 0.1) is 0 Å². The van der Waals surface area contributed by atoms with Crippen LogP contribution >= 0.6 is 0 Å². The van der Waals surface area contributed by atoms with E-state index in [2.05, 4.69) is 6.58 Å². The van der Waals surface area contributed by atoms with Crippen LogP contribution in [0.15, 0.2) is 30.9 Å². The molecular weight excluding hydrogens is 174 g/mol. The molecule has 0 bridgehead atoms. The number of aryl methyl sites for hydroxylation is 1. The van der Waals surface area contributed by atoms with E-state index in [-0.39, 0.29) is 6.10 Å². The zero-order chi connectivity index (χ0) is 10.6. The van der Waals surface area contributed by atoms with Crippen LogP contribution in [0.5, 0.6) is 5.75 Å². The van der Waals surface area contributed by atoms with E-state index in [0.29, 0.717) is 6.54 Å². The molecule has 1 rings (SSSR count). The molecule has 76 valence electrons. The third-order valence-electron chi connectivity index (χ3n) is 2.15. The van der Waals surface area contributed by atoms with Crippen LogP contribution in [0.25, 0.3) is 0 Å². The molecule has 0 fully saturated rings. The highest BCUT2D eigenvalue weighted by Gasteiger charge is 2.07. The van der Waals surface area contributed by atoms with Gasteiger partial charge in [0.1, 0.15) is 11.9 Å². The van der Waals surface area contributed by atoms with Crippen molar-refractivity contribution in [1.29, 1.82) is 0 Å².